The highest BCUT2D eigenvalue weighted by Gasteiger charge is 2.76. The van der Waals surface area contributed by atoms with Gasteiger partial charge in [-0.2, -0.15) is 30.7 Å². The first-order valence-corrected chi connectivity index (χ1v) is 8.02. The third-order valence-corrected chi connectivity index (χ3v) is 4.25. The minimum Gasteiger partial charge on any atom is -0.506 e. The van der Waals surface area contributed by atoms with E-state index in [4.69, 9.17) is 4.42 Å². The molecule has 1 aromatic heterocycles. The number of hydrogen-bond donors (Lipinski definition) is 1. The molecule has 0 aliphatic heterocycles. The van der Waals surface area contributed by atoms with Gasteiger partial charge in [-0.15, -0.1) is 0 Å². The molecule has 0 atom stereocenters. The highest BCUT2D eigenvalue weighted by atomic mass is 19.4. The van der Waals surface area contributed by atoms with Crippen LogP contribution in [0.3, 0.4) is 0 Å². The van der Waals surface area contributed by atoms with Gasteiger partial charge in [0.2, 0.25) is 5.78 Å². The fourth-order valence-corrected chi connectivity index (χ4v) is 2.73. The van der Waals surface area contributed by atoms with Gasteiger partial charge in [0.25, 0.3) is 0 Å². The van der Waals surface area contributed by atoms with Crippen LogP contribution in [-0.2, 0) is 0 Å². The fraction of sp³-hybridized carbons (Fsp3) is 0.158. The van der Waals surface area contributed by atoms with Crippen molar-refractivity contribution in [3.8, 4) is 16.9 Å². The van der Waals surface area contributed by atoms with Crippen LogP contribution < -0.4 is 5.63 Å². The Hall–Kier alpha value is -3.37. The molecule has 0 radical (unpaired) electrons. The van der Waals surface area contributed by atoms with Crippen molar-refractivity contribution in [1.29, 1.82) is 0 Å². The lowest BCUT2D eigenvalue weighted by molar-refractivity contribution is -0.339. The maximum atomic E-state index is 13.8. The van der Waals surface area contributed by atoms with Gasteiger partial charge in [0.1, 0.15) is 11.3 Å². The van der Waals surface area contributed by atoms with Crippen LogP contribution in [0.15, 0.2) is 57.7 Å². The van der Waals surface area contributed by atoms with Crippen LogP contribution >= 0.6 is 0 Å². The van der Waals surface area contributed by atoms with Crippen LogP contribution in [0.2, 0.25) is 0 Å². The van der Waals surface area contributed by atoms with E-state index in [9.17, 15) is 45.4 Å². The van der Waals surface area contributed by atoms with Gasteiger partial charge in [-0.05, 0) is 11.6 Å². The molecule has 1 N–H and O–H groups in total. The average Bonchev–Trinajstić information content (AvgIpc) is 2.67. The Morgan fingerprint density at radius 2 is 1.47 bits per heavy atom. The van der Waals surface area contributed by atoms with Crippen molar-refractivity contribution in [3.05, 3.63) is 64.5 Å². The van der Waals surface area contributed by atoms with Crippen LogP contribution in [0.25, 0.3) is 22.1 Å². The quantitative estimate of drug-likeness (QED) is 0.349. The number of benzene rings is 2. The van der Waals surface area contributed by atoms with Gasteiger partial charge in [0.15, 0.2) is 5.56 Å². The Bertz CT molecular complexity index is 1180. The van der Waals surface area contributed by atoms with Crippen LogP contribution in [0, 0.1) is 0 Å². The molecule has 0 aliphatic carbocycles. The number of carbonyl (C=O) groups excluding carboxylic acids is 1. The number of alkyl halides is 7. The fourth-order valence-electron chi connectivity index (χ4n) is 2.73. The van der Waals surface area contributed by atoms with Crippen molar-refractivity contribution in [2.45, 2.75) is 18.0 Å². The van der Waals surface area contributed by atoms with Gasteiger partial charge in [-0.1, -0.05) is 42.5 Å². The molecule has 0 amide bonds. The summed E-state index contributed by atoms with van der Waals surface area (Å²) < 4.78 is 95.8. The average molecular weight is 434 g/mol. The smallest absolute Gasteiger partial charge is 0.460 e. The number of Topliss-reactive ketones (excluding diaryl/α,β-unsaturated/α-hetero) is 1. The van der Waals surface area contributed by atoms with Gasteiger partial charge in [-0.3, -0.25) is 4.79 Å². The minimum absolute atomic E-state index is 0.173. The Labute approximate surface area is 162 Å². The molecule has 2 aromatic carbocycles. The molecule has 0 saturated heterocycles. The van der Waals surface area contributed by atoms with Crippen molar-refractivity contribution in [3.63, 3.8) is 0 Å². The molecule has 4 nitrogen and oxygen atoms in total. The summed E-state index contributed by atoms with van der Waals surface area (Å²) in [6, 6.07) is 11.7. The van der Waals surface area contributed by atoms with Gasteiger partial charge in [0.05, 0.1) is 5.39 Å². The predicted octanol–water partition coefficient (Wildman–Crippen LogP) is 5.18. The molecule has 0 bridgehead atoms. The summed E-state index contributed by atoms with van der Waals surface area (Å²) in [7, 11) is 0. The number of fused-ring (bicyclic) bond motifs is 1. The van der Waals surface area contributed by atoms with E-state index in [-0.39, 0.29) is 11.1 Å². The van der Waals surface area contributed by atoms with Crippen molar-refractivity contribution >= 4 is 16.8 Å². The topological polar surface area (TPSA) is 67.5 Å². The predicted molar refractivity (Wildman–Crippen MR) is 89.9 cm³/mol. The van der Waals surface area contributed by atoms with Gasteiger partial charge in [0, 0.05) is 5.56 Å². The van der Waals surface area contributed by atoms with Gasteiger partial charge < -0.3 is 9.52 Å². The van der Waals surface area contributed by atoms with Gasteiger partial charge in [-0.25, -0.2) is 4.79 Å². The normalized spacial score (nSPS) is 12.9. The molecular formula is C19H9F7O4. The molecule has 0 saturated carbocycles. The molecule has 3 aromatic rings. The highest BCUT2D eigenvalue weighted by molar-refractivity contribution is 6.08. The maximum absolute atomic E-state index is 13.8. The van der Waals surface area contributed by atoms with E-state index < -0.39 is 46.1 Å². The van der Waals surface area contributed by atoms with E-state index >= 15 is 0 Å². The van der Waals surface area contributed by atoms with Crippen molar-refractivity contribution in [2.75, 3.05) is 0 Å². The zero-order valence-electron chi connectivity index (χ0n) is 14.4. The molecule has 0 unspecified atom stereocenters. The van der Waals surface area contributed by atoms with Crippen molar-refractivity contribution in [1.82, 2.24) is 0 Å². The Morgan fingerprint density at radius 1 is 0.867 bits per heavy atom. The van der Waals surface area contributed by atoms with Crippen LogP contribution in [0.5, 0.6) is 5.75 Å². The number of para-hydroxylation sites is 1. The lowest BCUT2D eigenvalue weighted by Gasteiger charge is -2.26. The summed E-state index contributed by atoms with van der Waals surface area (Å²) in [6.07, 6.45) is -6.79. The third kappa shape index (κ3) is 3.10. The monoisotopic (exact) mass is 434 g/mol. The molecule has 0 aliphatic rings. The van der Waals surface area contributed by atoms with Crippen molar-refractivity contribution < 1.29 is 45.1 Å². The Balaban J connectivity index is 2.25. The first-order valence-electron chi connectivity index (χ1n) is 8.02. The maximum Gasteiger partial charge on any atom is 0.460 e. The second kappa shape index (κ2) is 6.85. The Kier molecular flexibility index (Phi) is 4.88. The Morgan fingerprint density at radius 3 is 2.03 bits per heavy atom. The number of carbonyl (C=O) groups is 1. The minimum atomic E-state index is -6.79. The summed E-state index contributed by atoms with van der Waals surface area (Å²) in [5.41, 5.74) is -3.77. The van der Waals surface area contributed by atoms with Crippen LogP contribution in [0.1, 0.15) is 10.4 Å². The lowest BCUT2D eigenvalue weighted by Crippen LogP contribution is -2.56. The van der Waals surface area contributed by atoms with Gasteiger partial charge >= 0.3 is 23.6 Å². The zero-order chi connectivity index (χ0) is 22.5. The number of aromatic hydroxyl groups is 1. The van der Waals surface area contributed by atoms with E-state index in [1.165, 1.54) is 12.1 Å². The molecular weight excluding hydrogens is 425 g/mol. The number of rotatable bonds is 4. The molecule has 11 heteroatoms. The summed E-state index contributed by atoms with van der Waals surface area (Å²) in [5, 5.41) is 9.65. The van der Waals surface area contributed by atoms with E-state index in [1.54, 1.807) is 30.3 Å². The largest absolute Gasteiger partial charge is 0.506 e. The van der Waals surface area contributed by atoms with E-state index in [0.717, 1.165) is 6.07 Å². The summed E-state index contributed by atoms with van der Waals surface area (Å²) >= 11 is 0. The second-order valence-corrected chi connectivity index (χ2v) is 6.14. The van der Waals surface area contributed by atoms with Crippen molar-refractivity contribution in [2.24, 2.45) is 0 Å². The number of halogens is 7. The molecule has 3 rings (SSSR count). The molecule has 0 spiro atoms. The second-order valence-electron chi connectivity index (χ2n) is 6.14. The van der Waals surface area contributed by atoms with Crippen LogP contribution in [-0.4, -0.2) is 28.9 Å². The summed E-state index contributed by atoms with van der Waals surface area (Å²) in [4.78, 5) is 23.9. The molecule has 0 fully saturated rings. The first kappa shape index (κ1) is 21.3. The van der Waals surface area contributed by atoms with E-state index in [2.05, 4.69) is 0 Å². The SMILES string of the molecule is O=C(c1c(O)c2cccc(-c3ccccc3)c2oc1=O)C(F)(F)C(F)(F)C(F)(F)F. The van der Waals surface area contributed by atoms with E-state index in [1.807, 2.05) is 0 Å². The first-order chi connectivity index (χ1) is 13.8. The molecule has 1 heterocycles. The number of hydrogen-bond acceptors (Lipinski definition) is 4. The summed E-state index contributed by atoms with van der Waals surface area (Å²) in [5.74, 6) is -17.9. The molecule has 30 heavy (non-hydrogen) atoms. The molecule has 158 valence electrons. The summed E-state index contributed by atoms with van der Waals surface area (Å²) in [6.45, 7) is 0. The van der Waals surface area contributed by atoms with E-state index in [0.29, 0.717) is 5.56 Å². The third-order valence-electron chi connectivity index (χ3n) is 4.25. The standard InChI is InChI=1S/C19H9F7O4/c20-17(21,18(22,23)19(24,25)26)15(28)12-13(27)11-8-4-7-10(14(11)30-16(12)29)9-5-2-1-3-6-9/h1-8,27H. The van der Waals surface area contributed by atoms with Crippen LogP contribution in [0.4, 0.5) is 30.7 Å². The highest BCUT2D eigenvalue weighted by Crippen LogP contribution is 2.48. The lowest BCUT2D eigenvalue weighted by atomic mass is 9.97. The number of ketones is 1. The zero-order valence-corrected chi connectivity index (χ0v) is 14.4.